The Morgan fingerprint density at radius 1 is 1.46 bits per heavy atom. The lowest BCUT2D eigenvalue weighted by molar-refractivity contribution is -0.115. The van der Waals surface area contributed by atoms with Crippen LogP contribution in [0.15, 0.2) is 46.9 Å². The SMILES string of the molecule is C=CC(=NC=NC)C(=O)NC[C@H](O)CN1CCc2ccccc2C1. The van der Waals surface area contributed by atoms with Crippen molar-refractivity contribution in [3.8, 4) is 0 Å². The van der Waals surface area contributed by atoms with E-state index in [4.69, 9.17) is 0 Å². The third kappa shape index (κ3) is 5.11. The maximum absolute atomic E-state index is 11.9. The van der Waals surface area contributed by atoms with E-state index in [1.807, 2.05) is 6.07 Å². The quantitative estimate of drug-likeness (QED) is 0.574. The molecule has 0 radical (unpaired) electrons. The number of fused-ring (bicyclic) bond motifs is 1. The highest BCUT2D eigenvalue weighted by Crippen LogP contribution is 2.18. The number of nitrogens with one attached hydrogen (secondary N) is 1. The van der Waals surface area contributed by atoms with Gasteiger partial charge in [0.25, 0.3) is 5.91 Å². The van der Waals surface area contributed by atoms with E-state index in [2.05, 4.69) is 45.0 Å². The number of carbonyl (C=O) groups excluding carboxylic acids is 1. The number of benzene rings is 1. The van der Waals surface area contributed by atoms with Crippen LogP contribution in [0.4, 0.5) is 0 Å². The molecule has 0 aromatic heterocycles. The van der Waals surface area contributed by atoms with Gasteiger partial charge in [-0.1, -0.05) is 30.8 Å². The van der Waals surface area contributed by atoms with E-state index in [9.17, 15) is 9.90 Å². The number of nitrogens with zero attached hydrogens (tertiary/aromatic N) is 3. The summed E-state index contributed by atoms with van der Waals surface area (Å²) in [6.45, 7) is 5.98. The highest BCUT2D eigenvalue weighted by atomic mass is 16.3. The topological polar surface area (TPSA) is 77.3 Å². The Morgan fingerprint density at radius 2 is 2.21 bits per heavy atom. The van der Waals surface area contributed by atoms with Crippen molar-refractivity contribution < 1.29 is 9.90 Å². The molecule has 0 fully saturated rings. The van der Waals surface area contributed by atoms with Crippen LogP contribution in [0.5, 0.6) is 0 Å². The molecule has 0 bridgehead atoms. The maximum atomic E-state index is 11.9. The summed E-state index contributed by atoms with van der Waals surface area (Å²) in [5, 5.41) is 12.9. The van der Waals surface area contributed by atoms with Gasteiger partial charge in [-0.15, -0.1) is 0 Å². The van der Waals surface area contributed by atoms with Crippen molar-refractivity contribution >= 4 is 18.0 Å². The Balaban J connectivity index is 1.81. The minimum absolute atomic E-state index is 0.174. The lowest BCUT2D eigenvalue weighted by Gasteiger charge is -2.30. The van der Waals surface area contributed by atoms with Crippen LogP contribution in [0, 0.1) is 0 Å². The van der Waals surface area contributed by atoms with Crippen LogP contribution in [0.25, 0.3) is 0 Å². The summed E-state index contributed by atoms with van der Waals surface area (Å²) in [5.41, 5.74) is 2.86. The van der Waals surface area contributed by atoms with Crippen molar-refractivity contribution in [3.63, 3.8) is 0 Å². The van der Waals surface area contributed by atoms with Gasteiger partial charge in [0.2, 0.25) is 0 Å². The fourth-order valence-electron chi connectivity index (χ4n) is 2.70. The highest BCUT2D eigenvalue weighted by Gasteiger charge is 2.19. The molecule has 1 atom stereocenters. The number of aliphatic hydroxyl groups is 1. The van der Waals surface area contributed by atoms with Crippen molar-refractivity contribution in [2.75, 3.05) is 26.7 Å². The van der Waals surface area contributed by atoms with Crippen molar-refractivity contribution in [1.82, 2.24) is 10.2 Å². The molecular formula is C18H24N4O2. The van der Waals surface area contributed by atoms with Gasteiger partial charge in [-0.3, -0.25) is 14.7 Å². The standard InChI is InChI=1S/C18H24N4O2/c1-3-17(21-13-19-2)18(24)20-10-16(23)12-22-9-8-14-6-4-5-7-15(14)11-22/h3-7,13,16,23H,1,8-12H2,2H3,(H,20,24)/t16-/m0/s1. The van der Waals surface area contributed by atoms with E-state index in [0.717, 1.165) is 19.5 Å². The van der Waals surface area contributed by atoms with E-state index in [0.29, 0.717) is 6.54 Å². The zero-order valence-corrected chi connectivity index (χ0v) is 14.0. The predicted octanol–water partition coefficient (Wildman–Crippen LogP) is 0.807. The minimum Gasteiger partial charge on any atom is -0.390 e. The van der Waals surface area contributed by atoms with Gasteiger partial charge >= 0.3 is 0 Å². The van der Waals surface area contributed by atoms with Crippen LogP contribution < -0.4 is 5.32 Å². The number of amides is 1. The molecule has 1 heterocycles. The first-order valence-corrected chi connectivity index (χ1v) is 8.00. The molecule has 1 aromatic carbocycles. The second kappa shape index (κ2) is 9.10. The van der Waals surface area contributed by atoms with Gasteiger partial charge < -0.3 is 10.4 Å². The Labute approximate surface area is 142 Å². The second-order valence-corrected chi connectivity index (χ2v) is 5.71. The molecular weight excluding hydrogens is 304 g/mol. The summed E-state index contributed by atoms with van der Waals surface area (Å²) in [6, 6.07) is 8.37. The summed E-state index contributed by atoms with van der Waals surface area (Å²) in [5.74, 6) is -0.368. The van der Waals surface area contributed by atoms with Gasteiger partial charge in [0.05, 0.1) is 6.10 Å². The normalized spacial score (nSPS) is 16.7. The van der Waals surface area contributed by atoms with E-state index >= 15 is 0 Å². The van der Waals surface area contributed by atoms with Crippen LogP contribution in [0.1, 0.15) is 11.1 Å². The van der Waals surface area contributed by atoms with Gasteiger partial charge in [0.1, 0.15) is 12.1 Å². The smallest absolute Gasteiger partial charge is 0.270 e. The Morgan fingerprint density at radius 3 is 2.92 bits per heavy atom. The van der Waals surface area contributed by atoms with Gasteiger partial charge in [0.15, 0.2) is 0 Å². The van der Waals surface area contributed by atoms with E-state index in [1.165, 1.54) is 23.5 Å². The van der Waals surface area contributed by atoms with E-state index < -0.39 is 6.10 Å². The monoisotopic (exact) mass is 328 g/mol. The van der Waals surface area contributed by atoms with Crippen LogP contribution in [-0.4, -0.2) is 60.7 Å². The van der Waals surface area contributed by atoms with E-state index in [-0.39, 0.29) is 18.2 Å². The van der Waals surface area contributed by atoms with Crippen molar-refractivity contribution in [2.45, 2.75) is 19.1 Å². The van der Waals surface area contributed by atoms with Gasteiger partial charge in [-0.05, 0) is 23.6 Å². The summed E-state index contributed by atoms with van der Waals surface area (Å²) < 4.78 is 0. The zero-order valence-electron chi connectivity index (χ0n) is 14.0. The Kier molecular flexibility index (Phi) is 6.84. The van der Waals surface area contributed by atoms with Gasteiger partial charge in [0, 0.05) is 33.2 Å². The molecule has 2 N–H and O–H groups in total. The second-order valence-electron chi connectivity index (χ2n) is 5.71. The zero-order chi connectivity index (χ0) is 17.4. The predicted molar refractivity (Wildman–Crippen MR) is 96.5 cm³/mol. The molecule has 1 aliphatic heterocycles. The lowest BCUT2D eigenvalue weighted by atomic mass is 10.00. The number of hydrogen-bond acceptors (Lipinski definition) is 4. The van der Waals surface area contributed by atoms with Crippen LogP contribution in [0.3, 0.4) is 0 Å². The number of hydrogen-bond donors (Lipinski definition) is 2. The van der Waals surface area contributed by atoms with Crippen LogP contribution in [-0.2, 0) is 17.8 Å². The Bertz CT molecular complexity index is 640. The Hall–Kier alpha value is -2.31. The number of aliphatic imine (C=N–C) groups is 2. The van der Waals surface area contributed by atoms with Crippen molar-refractivity contribution in [2.24, 2.45) is 9.98 Å². The molecule has 128 valence electrons. The first kappa shape index (κ1) is 18.0. The third-order valence-electron chi connectivity index (χ3n) is 3.92. The van der Waals surface area contributed by atoms with Crippen LogP contribution in [0.2, 0.25) is 0 Å². The van der Waals surface area contributed by atoms with Crippen molar-refractivity contribution in [3.05, 3.63) is 48.0 Å². The lowest BCUT2D eigenvalue weighted by Crippen LogP contribution is -2.43. The molecule has 0 saturated carbocycles. The van der Waals surface area contributed by atoms with Gasteiger partial charge in [-0.25, -0.2) is 4.99 Å². The molecule has 0 unspecified atom stereocenters. The first-order valence-electron chi connectivity index (χ1n) is 8.00. The fourth-order valence-corrected chi connectivity index (χ4v) is 2.70. The minimum atomic E-state index is -0.634. The van der Waals surface area contributed by atoms with Crippen LogP contribution >= 0.6 is 0 Å². The molecule has 24 heavy (non-hydrogen) atoms. The van der Waals surface area contributed by atoms with Crippen molar-refractivity contribution in [1.29, 1.82) is 0 Å². The number of aliphatic hydroxyl groups excluding tert-OH is 1. The molecule has 6 nitrogen and oxygen atoms in total. The summed E-state index contributed by atoms with van der Waals surface area (Å²) in [4.78, 5) is 21.7. The van der Waals surface area contributed by atoms with Gasteiger partial charge in [-0.2, -0.15) is 0 Å². The molecule has 0 aliphatic carbocycles. The van der Waals surface area contributed by atoms with E-state index in [1.54, 1.807) is 7.05 Å². The molecule has 1 aliphatic rings. The molecule has 1 amide bonds. The molecule has 0 spiro atoms. The average Bonchev–Trinajstić information content (AvgIpc) is 2.60. The summed E-state index contributed by atoms with van der Waals surface area (Å²) in [6.07, 6.45) is 3.01. The number of carbonyl (C=O) groups is 1. The molecule has 0 saturated heterocycles. The average molecular weight is 328 g/mol. The molecule has 1 aromatic rings. The molecule has 2 rings (SSSR count). The maximum Gasteiger partial charge on any atom is 0.270 e. The fraction of sp³-hybridized carbons (Fsp3) is 0.389. The highest BCUT2D eigenvalue weighted by molar-refractivity contribution is 6.44. The summed E-state index contributed by atoms with van der Waals surface area (Å²) in [7, 11) is 1.57. The summed E-state index contributed by atoms with van der Waals surface area (Å²) >= 11 is 0. The number of β-amino-alcohol motifs (C(OH)–C–C–N with tert-alkyl or cyclic N) is 1. The number of rotatable bonds is 7. The molecule has 6 heteroatoms. The third-order valence-corrected chi connectivity index (χ3v) is 3.92. The largest absolute Gasteiger partial charge is 0.390 e. The first-order chi connectivity index (χ1) is 11.6.